The van der Waals surface area contributed by atoms with E-state index in [1.807, 2.05) is 0 Å². The Bertz CT molecular complexity index is 1250. The fourth-order valence-corrected chi connectivity index (χ4v) is 4.83. The highest BCUT2D eigenvalue weighted by molar-refractivity contribution is 7.94. The van der Waals surface area contributed by atoms with Gasteiger partial charge in [0.25, 0.3) is 0 Å². The number of hydrogen-bond donors (Lipinski definition) is 1. The Morgan fingerprint density at radius 1 is 1.03 bits per heavy atom. The summed E-state index contributed by atoms with van der Waals surface area (Å²) in [6.45, 7) is 12.3. The van der Waals surface area contributed by atoms with Gasteiger partial charge >= 0.3 is 6.36 Å². The summed E-state index contributed by atoms with van der Waals surface area (Å²) in [4.78, 5) is 4.54. The highest BCUT2D eigenvalue weighted by atomic mass is 32.2. The van der Waals surface area contributed by atoms with Gasteiger partial charge < -0.3 is 14.2 Å². The molecule has 0 aliphatic carbocycles. The van der Waals surface area contributed by atoms with Crippen LogP contribution in [0.3, 0.4) is 0 Å². The van der Waals surface area contributed by atoms with Crippen LogP contribution in [-0.2, 0) is 14.8 Å². The molecule has 0 aromatic heterocycles. The second-order valence-electron chi connectivity index (χ2n) is 11.0. The summed E-state index contributed by atoms with van der Waals surface area (Å²) in [7, 11) is -4.96. The zero-order valence-electron chi connectivity index (χ0n) is 21.8. The van der Waals surface area contributed by atoms with Crippen LogP contribution < -0.4 is 14.2 Å². The lowest BCUT2D eigenvalue weighted by atomic mass is 10.0. The number of halogens is 3. The van der Waals surface area contributed by atoms with Crippen molar-refractivity contribution in [1.82, 2.24) is 0 Å². The Morgan fingerprint density at radius 3 is 2.32 bits per heavy atom. The largest absolute Gasteiger partial charge is 0.573 e. The SMILES string of the molecule is CC(C)(C)S(=O)(=O)Nc1ccc2c(c1)N=C(Oc1cccc(OC(F)(F)F)c1)C2COCC[Si](C)(C)C. The maximum Gasteiger partial charge on any atom is 0.573 e. The molecule has 2 aromatic carbocycles. The van der Waals surface area contributed by atoms with E-state index in [4.69, 9.17) is 9.47 Å². The molecule has 3 rings (SSSR count). The van der Waals surface area contributed by atoms with Crippen LogP contribution in [0.5, 0.6) is 11.5 Å². The Balaban J connectivity index is 1.87. The maximum atomic E-state index is 12.7. The summed E-state index contributed by atoms with van der Waals surface area (Å²) < 4.78 is 80.6. The Labute approximate surface area is 217 Å². The molecule has 0 bridgehead atoms. The molecule has 0 saturated heterocycles. The fraction of sp³-hybridized carbons (Fsp3) is 0.480. The Kier molecular flexibility index (Phi) is 8.35. The quantitative estimate of drug-likeness (QED) is 0.274. The van der Waals surface area contributed by atoms with E-state index in [1.54, 1.807) is 39.0 Å². The van der Waals surface area contributed by atoms with Crippen LogP contribution in [0.4, 0.5) is 24.5 Å². The molecule has 1 unspecified atom stereocenters. The van der Waals surface area contributed by atoms with Crippen LogP contribution in [0.1, 0.15) is 32.3 Å². The minimum Gasteiger partial charge on any atom is -0.442 e. The van der Waals surface area contributed by atoms with Gasteiger partial charge in [0.2, 0.25) is 15.9 Å². The summed E-state index contributed by atoms with van der Waals surface area (Å²) in [5.41, 5.74) is 1.60. The van der Waals surface area contributed by atoms with Crippen molar-refractivity contribution in [2.45, 2.75) is 63.5 Å². The van der Waals surface area contributed by atoms with Gasteiger partial charge in [-0.3, -0.25) is 4.72 Å². The van der Waals surface area contributed by atoms with Gasteiger partial charge in [0, 0.05) is 20.7 Å². The van der Waals surface area contributed by atoms with Crippen LogP contribution in [-0.4, -0.2) is 46.7 Å². The molecule has 2 aromatic rings. The molecule has 37 heavy (non-hydrogen) atoms. The first-order valence-electron chi connectivity index (χ1n) is 11.8. The van der Waals surface area contributed by atoms with Crippen LogP contribution in [0.25, 0.3) is 0 Å². The molecule has 1 atom stereocenters. The third kappa shape index (κ3) is 8.21. The van der Waals surface area contributed by atoms with Crippen LogP contribution >= 0.6 is 0 Å². The number of nitrogens with one attached hydrogen (secondary N) is 1. The van der Waals surface area contributed by atoms with Crippen LogP contribution in [0.2, 0.25) is 25.7 Å². The van der Waals surface area contributed by atoms with Crippen LogP contribution in [0.15, 0.2) is 47.5 Å². The highest BCUT2D eigenvalue weighted by Crippen LogP contribution is 2.39. The molecule has 1 aliphatic rings. The molecule has 1 aliphatic heterocycles. The number of alkyl halides is 3. The van der Waals surface area contributed by atoms with Crippen molar-refractivity contribution < 1.29 is 35.8 Å². The first kappa shape index (κ1) is 29.0. The van der Waals surface area contributed by atoms with E-state index in [0.717, 1.165) is 17.7 Å². The smallest absolute Gasteiger partial charge is 0.442 e. The molecular formula is C25H33F3N2O5SSi. The van der Waals surface area contributed by atoms with E-state index >= 15 is 0 Å². The molecule has 0 fully saturated rings. The van der Waals surface area contributed by atoms with Gasteiger partial charge in [-0.2, -0.15) is 0 Å². The monoisotopic (exact) mass is 558 g/mol. The van der Waals surface area contributed by atoms with Crippen molar-refractivity contribution in [3.8, 4) is 11.5 Å². The third-order valence-corrected chi connectivity index (χ3v) is 9.36. The number of fused-ring (bicyclic) bond motifs is 1. The molecule has 0 radical (unpaired) electrons. The standard InChI is InChI=1S/C25H33F3N2O5SSi/c1-24(2,3)36(31,32)30-17-10-11-20-21(16-33-12-13-37(4,5)6)23(29-22(20)14-17)34-18-8-7-9-19(15-18)35-25(26,27)28/h7-11,14-15,21,30H,12-13,16H2,1-6H3. The molecular weight excluding hydrogens is 525 g/mol. The van der Waals surface area contributed by atoms with Crippen molar-refractivity contribution >= 4 is 35.4 Å². The molecule has 1 heterocycles. The summed E-state index contributed by atoms with van der Waals surface area (Å²) in [6.07, 6.45) is -4.83. The first-order valence-corrected chi connectivity index (χ1v) is 17.0. The minimum atomic E-state index is -4.83. The number of sulfonamides is 1. The molecule has 12 heteroatoms. The Morgan fingerprint density at radius 2 is 1.70 bits per heavy atom. The van der Waals surface area contributed by atoms with Gasteiger partial charge in [0.05, 0.1) is 28.6 Å². The average molecular weight is 559 g/mol. The van der Waals surface area contributed by atoms with Crippen molar-refractivity contribution in [3.05, 3.63) is 48.0 Å². The minimum absolute atomic E-state index is 0.120. The molecule has 0 spiro atoms. The number of hydrogen-bond acceptors (Lipinski definition) is 6. The second kappa shape index (κ2) is 10.7. The highest BCUT2D eigenvalue weighted by Gasteiger charge is 2.33. The first-order chi connectivity index (χ1) is 16.9. The lowest BCUT2D eigenvalue weighted by Crippen LogP contribution is -2.33. The van der Waals surface area contributed by atoms with Crippen molar-refractivity contribution in [2.75, 3.05) is 17.9 Å². The fourth-order valence-electron chi connectivity index (χ4n) is 3.33. The summed E-state index contributed by atoms with van der Waals surface area (Å²) in [5.74, 6) is -0.475. The average Bonchev–Trinajstić information content (AvgIpc) is 3.04. The van der Waals surface area contributed by atoms with Crippen LogP contribution in [0, 0.1) is 0 Å². The van der Waals surface area contributed by atoms with Gasteiger partial charge in [-0.1, -0.05) is 31.8 Å². The van der Waals surface area contributed by atoms with E-state index in [9.17, 15) is 21.6 Å². The zero-order valence-corrected chi connectivity index (χ0v) is 23.6. The van der Waals surface area contributed by atoms with Crippen molar-refractivity contribution in [3.63, 3.8) is 0 Å². The number of rotatable bonds is 9. The van der Waals surface area contributed by atoms with E-state index < -0.39 is 40.9 Å². The summed E-state index contributed by atoms with van der Waals surface area (Å²) >= 11 is 0. The summed E-state index contributed by atoms with van der Waals surface area (Å²) in [5, 5.41) is 0. The number of ether oxygens (including phenoxy) is 3. The number of nitrogens with zero attached hydrogens (tertiary/aromatic N) is 1. The molecule has 0 amide bonds. The number of aliphatic imine (C=N–C) groups is 1. The molecule has 0 saturated carbocycles. The molecule has 7 nitrogen and oxygen atoms in total. The normalized spacial score (nSPS) is 16.2. The van der Waals surface area contributed by atoms with Gasteiger partial charge in [0.15, 0.2) is 0 Å². The lowest BCUT2D eigenvalue weighted by molar-refractivity contribution is -0.274. The Hall–Kier alpha value is -2.57. The van der Waals surface area contributed by atoms with E-state index in [0.29, 0.717) is 18.0 Å². The molecule has 1 N–H and O–H groups in total. The predicted octanol–water partition coefficient (Wildman–Crippen LogP) is 6.69. The third-order valence-electron chi connectivity index (χ3n) is 5.54. The zero-order chi connectivity index (χ0) is 27.6. The van der Waals surface area contributed by atoms with E-state index in [-0.39, 0.29) is 18.3 Å². The number of anilines is 1. The second-order valence-corrected chi connectivity index (χ2v) is 19.1. The van der Waals surface area contributed by atoms with E-state index in [1.165, 1.54) is 18.2 Å². The van der Waals surface area contributed by atoms with Crippen molar-refractivity contribution in [2.24, 2.45) is 4.99 Å². The van der Waals surface area contributed by atoms with E-state index in [2.05, 4.69) is 34.1 Å². The summed E-state index contributed by atoms with van der Waals surface area (Å²) in [6, 6.07) is 11.2. The van der Waals surface area contributed by atoms with Gasteiger partial charge in [-0.05, 0) is 56.6 Å². The topological polar surface area (TPSA) is 86.2 Å². The van der Waals surface area contributed by atoms with Gasteiger partial charge in [0.1, 0.15) is 11.5 Å². The van der Waals surface area contributed by atoms with Gasteiger partial charge in [-0.25, -0.2) is 13.4 Å². The predicted molar refractivity (Wildman–Crippen MR) is 141 cm³/mol. The lowest BCUT2D eigenvalue weighted by Gasteiger charge is -2.21. The van der Waals surface area contributed by atoms with Gasteiger partial charge in [-0.15, -0.1) is 13.2 Å². The van der Waals surface area contributed by atoms with Crippen molar-refractivity contribution in [1.29, 1.82) is 0 Å². The maximum absolute atomic E-state index is 12.7. The number of benzene rings is 2. The molecule has 204 valence electrons.